The van der Waals surface area contributed by atoms with Crippen LogP contribution < -0.4 is 5.32 Å². The Morgan fingerprint density at radius 3 is 2.50 bits per heavy atom. The molecule has 3 nitrogen and oxygen atoms in total. The van der Waals surface area contributed by atoms with Crippen LogP contribution in [-0.2, 0) is 6.54 Å². The van der Waals surface area contributed by atoms with Crippen LogP contribution in [0, 0.1) is 0 Å². The van der Waals surface area contributed by atoms with Crippen LogP contribution in [0.1, 0.15) is 5.56 Å². The highest BCUT2D eigenvalue weighted by Crippen LogP contribution is 2.15. The van der Waals surface area contributed by atoms with Gasteiger partial charge in [0.15, 0.2) is 0 Å². The van der Waals surface area contributed by atoms with Crippen LogP contribution in [0.4, 0.5) is 5.82 Å². The van der Waals surface area contributed by atoms with Gasteiger partial charge in [0.05, 0.1) is 0 Å². The fourth-order valence-electron chi connectivity index (χ4n) is 1.27. The van der Waals surface area contributed by atoms with Crippen LogP contribution >= 0.6 is 23.2 Å². The first-order valence-electron chi connectivity index (χ1n) is 4.72. The molecule has 0 aliphatic carbocycles. The van der Waals surface area contributed by atoms with Gasteiger partial charge in [-0.05, 0) is 17.2 Å². The number of nitrogens with zero attached hydrogens (tertiary/aromatic N) is 2. The van der Waals surface area contributed by atoms with Crippen LogP contribution in [0.3, 0.4) is 0 Å². The highest BCUT2D eigenvalue weighted by Gasteiger charge is 2.00. The highest BCUT2D eigenvalue weighted by molar-refractivity contribution is 6.32. The molecule has 1 heterocycles. The van der Waals surface area contributed by atoms with Gasteiger partial charge in [-0.3, -0.25) is 0 Å². The molecule has 0 fully saturated rings. The first kappa shape index (κ1) is 11.2. The maximum atomic E-state index is 5.76. The van der Waals surface area contributed by atoms with E-state index in [1.165, 1.54) is 0 Å². The van der Waals surface area contributed by atoms with Gasteiger partial charge in [0.1, 0.15) is 11.0 Å². The lowest BCUT2D eigenvalue weighted by Gasteiger charge is -2.05. The molecule has 16 heavy (non-hydrogen) atoms. The summed E-state index contributed by atoms with van der Waals surface area (Å²) < 4.78 is 0. The number of nitrogens with one attached hydrogen (secondary N) is 1. The van der Waals surface area contributed by atoms with Crippen LogP contribution in [0.2, 0.25) is 10.4 Å². The molecule has 82 valence electrons. The van der Waals surface area contributed by atoms with Crippen molar-refractivity contribution in [3.05, 3.63) is 52.4 Å². The fraction of sp³-hybridized carbons (Fsp3) is 0.0909. The van der Waals surface area contributed by atoms with Gasteiger partial charge in [0.2, 0.25) is 5.28 Å². The molecular formula is C11H9Cl2N3. The zero-order valence-corrected chi connectivity index (χ0v) is 9.83. The summed E-state index contributed by atoms with van der Waals surface area (Å²) in [6.45, 7) is 0.671. The van der Waals surface area contributed by atoms with E-state index in [2.05, 4.69) is 15.3 Å². The van der Waals surface area contributed by atoms with Crippen LogP contribution in [0.25, 0.3) is 0 Å². The first-order valence-corrected chi connectivity index (χ1v) is 5.47. The summed E-state index contributed by atoms with van der Waals surface area (Å²) in [6, 6.07) is 11.6. The summed E-state index contributed by atoms with van der Waals surface area (Å²) in [4.78, 5) is 7.78. The van der Waals surface area contributed by atoms with E-state index in [-0.39, 0.29) is 5.28 Å². The third-order valence-electron chi connectivity index (χ3n) is 1.98. The molecule has 2 rings (SSSR count). The van der Waals surface area contributed by atoms with Gasteiger partial charge in [-0.1, -0.05) is 41.9 Å². The second-order valence-corrected chi connectivity index (χ2v) is 3.91. The van der Waals surface area contributed by atoms with Crippen molar-refractivity contribution in [2.75, 3.05) is 5.32 Å². The molecule has 5 heteroatoms. The lowest BCUT2D eigenvalue weighted by atomic mass is 10.2. The van der Waals surface area contributed by atoms with E-state index >= 15 is 0 Å². The van der Waals surface area contributed by atoms with Gasteiger partial charge in [0, 0.05) is 12.6 Å². The third kappa shape index (κ3) is 3.08. The van der Waals surface area contributed by atoms with Crippen molar-refractivity contribution in [1.29, 1.82) is 0 Å². The molecule has 0 unspecified atom stereocenters. The maximum absolute atomic E-state index is 5.76. The summed E-state index contributed by atoms with van der Waals surface area (Å²) in [5, 5.41) is 3.59. The van der Waals surface area contributed by atoms with E-state index in [0.29, 0.717) is 17.5 Å². The summed E-state index contributed by atoms with van der Waals surface area (Å²) in [7, 11) is 0. The Morgan fingerprint density at radius 1 is 1.06 bits per heavy atom. The SMILES string of the molecule is Clc1cc(NCc2ccccc2)nc(Cl)n1. The molecule has 1 N–H and O–H groups in total. The minimum absolute atomic E-state index is 0.142. The van der Waals surface area contributed by atoms with E-state index in [4.69, 9.17) is 23.2 Å². The first-order chi connectivity index (χ1) is 7.74. The lowest BCUT2D eigenvalue weighted by molar-refractivity contribution is 1.08. The zero-order valence-electron chi connectivity index (χ0n) is 8.32. The summed E-state index contributed by atoms with van der Waals surface area (Å²) in [5.74, 6) is 0.619. The van der Waals surface area contributed by atoms with Crippen molar-refractivity contribution in [2.45, 2.75) is 6.54 Å². The average Bonchev–Trinajstić information content (AvgIpc) is 2.27. The zero-order chi connectivity index (χ0) is 11.4. The summed E-state index contributed by atoms with van der Waals surface area (Å²) in [6.07, 6.45) is 0. The summed E-state index contributed by atoms with van der Waals surface area (Å²) in [5.41, 5.74) is 1.16. The quantitative estimate of drug-likeness (QED) is 0.673. The molecule has 1 aromatic carbocycles. The van der Waals surface area contributed by atoms with E-state index in [1.807, 2.05) is 30.3 Å². The minimum atomic E-state index is 0.142. The molecule has 0 saturated heterocycles. The van der Waals surface area contributed by atoms with E-state index < -0.39 is 0 Å². The Balaban J connectivity index is 2.05. The number of hydrogen-bond acceptors (Lipinski definition) is 3. The maximum Gasteiger partial charge on any atom is 0.225 e. The predicted octanol–water partition coefficient (Wildman–Crippen LogP) is 3.40. The third-order valence-corrected chi connectivity index (χ3v) is 2.35. The van der Waals surface area contributed by atoms with Gasteiger partial charge in [-0.25, -0.2) is 9.97 Å². The molecule has 0 bridgehead atoms. The molecular weight excluding hydrogens is 245 g/mol. The lowest BCUT2D eigenvalue weighted by Crippen LogP contribution is -2.01. The second kappa shape index (κ2) is 5.14. The number of anilines is 1. The molecule has 0 spiro atoms. The fourth-order valence-corrected chi connectivity index (χ4v) is 1.68. The highest BCUT2D eigenvalue weighted by atomic mass is 35.5. The van der Waals surface area contributed by atoms with Crippen LogP contribution in [0.15, 0.2) is 36.4 Å². The van der Waals surface area contributed by atoms with E-state index in [0.717, 1.165) is 5.56 Å². The van der Waals surface area contributed by atoms with Crippen molar-refractivity contribution in [3.8, 4) is 0 Å². The Morgan fingerprint density at radius 2 is 1.81 bits per heavy atom. The number of aromatic nitrogens is 2. The molecule has 0 aliphatic heterocycles. The van der Waals surface area contributed by atoms with Gasteiger partial charge < -0.3 is 5.32 Å². The second-order valence-electron chi connectivity index (χ2n) is 3.18. The molecule has 0 radical (unpaired) electrons. The van der Waals surface area contributed by atoms with Crippen LogP contribution in [0.5, 0.6) is 0 Å². The Labute approximate surface area is 103 Å². The largest absolute Gasteiger partial charge is 0.366 e. The normalized spacial score (nSPS) is 10.1. The average molecular weight is 254 g/mol. The van der Waals surface area contributed by atoms with Crippen molar-refractivity contribution in [3.63, 3.8) is 0 Å². The molecule has 0 aliphatic rings. The molecule has 0 atom stereocenters. The van der Waals surface area contributed by atoms with Crippen molar-refractivity contribution in [1.82, 2.24) is 9.97 Å². The smallest absolute Gasteiger partial charge is 0.225 e. The van der Waals surface area contributed by atoms with Gasteiger partial charge in [-0.15, -0.1) is 0 Å². The number of hydrogen-bond donors (Lipinski definition) is 1. The van der Waals surface area contributed by atoms with E-state index in [1.54, 1.807) is 6.07 Å². The molecule has 0 amide bonds. The number of rotatable bonds is 3. The molecule has 0 saturated carbocycles. The summed E-state index contributed by atoms with van der Waals surface area (Å²) >= 11 is 11.4. The molecule has 2 aromatic rings. The van der Waals surface area contributed by atoms with Gasteiger partial charge in [0.25, 0.3) is 0 Å². The predicted molar refractivity (Wildman–Crippen MR) is 65.8 cm³/mol. The minimum Gasteiger partial charge on any atom is -0.366 e. The van der Waals surface area contributed by atoms with Crippen molar-refractivity contribution < 1.29 is 0 Å². The van der Waals surface area contributed by atoms with Crippen molar-refractivity contribution >= 4 is 29.0 Å². The van der Waals surface area contributed by atoms with Crippen LogP contribution in [-0.4, -0.2) is 9.97 Å². The van der Waals surface area contributed by atoms with Crippen molar-refractivity contribution in [2.24, 2.45) is 0 Å². The number of halogens is 2. The monoisotopic (exact) mass is 253 g/mol. The standard InChI is InChI=1S/C11H9Cl2N3/c12-9-6-10(16-11(13)15-9)14-7-8-4-2-1-3-5-8/h1-6H,7H2,(H,14,15,16). The van der Waals surface area contributed by atoms with Gasteiger partial charge in [-0.2, -0.15) is 0 Å². The Bertz CT molecular complexity index is 454. The Hall–Kier alpha value is -1.32. The Kier molecular flexibility index (Phi) is 3.59. The number of benzene rings is 1. The molecule has 1 aromatic heterocycles. The van der Waals surface area contributed by atoms with Gasteiger partial charge >= 0.3 is 0 Å². The topological polar surface area (TPSA) is 37.8 Å². The van der Waals surface area contributed by atoms with E-state index in [9.17, 15) is 0 Å².